The SMILES string of the molecule is COc1ccc(F)c(-c2ccc(COc3cccc([C@@H](C)CC(=O)O)c3)cc2C2(C)CC2)c1. The monoisotopic (exact) mass is 448 g/mol. The second kappa shape index (κ2) is 9.26. The van der Waals surface area contributed by atoms with Crippen molar-refractivity contribution in [2.75, 3.05) is 7.11 Å². The molecule has 0 aliphatic heterocycles. The minimum Gasteiger partial charge on any atom is -0.497 e. The largest absolute Gasteiger partial charge is 0.497 e. The van der Waals surface area contributed by atoms with E-state index >= 15 is 0 Å². The zero-order chi connectivity index (χ0) is 23.6. The molecule has 0 saturated heterocycles. The summed E-state index contributed by atoms with van der Waals surface area (Å²) in [5, 5.41) is 9.05. The molecule has 1 atom stereocenters. The summed E-state index contributed by atoms with van der Waals surface area (Å²) >= 11 is 0. The molecule has 172 valence electrons. The molecule has 3 aromatic rings. The first-order valence-corrected chi connectivity index (χ1v) is 11.2. The van der Waals surface area contributed by atoms with Gasteiger partial charge in [0.2, 0.25) is 0 Å². The van der Waals surface area contributed by atoms with Crippen LogP contribution in [-0.2, 0) is 16.8 Å². The lowest BCUT2D eigenvalue weighted by atomic mass is 9.88. The van der Waals surface area contributed by atoms with E-state index in [1.54, 1.807) is 19.2 Å². The molecule has 5 heteroatoms. The number of carboxylic acid groups (broad SMARTS) is 1. The highest BCUT2D eigenvalue weighted by molar-refractivity contribution is 5.72. The van der Waals surface area contributed by atoms with E-state index in [-0.39, 0.29) is 23.6 Å². The van der Waals surface area contributed by atoms with Crippen LogP contribution in [-0.4, -0.2) is 18.2 Å². The average Bonchev–Trinajstić information content (AvgIpc) is 3.56. The zero-order valence-corrected chi connectivity index (χ0v) is 19.2. The Morgan fingerprint density at radius 3 is 2.55 bits per heavy atom. The van der Waals surface area contributed by atoms with Crippen molar-refractivity contribution in [1.29, 1.82) is 0 Å². The van der Waals surface area contributed by atoms with Crippen LogP contribution in [0.15, 0.2) is 60.7 Å². The van der Waals surface area contributed by atoms with Gasteiger partial charge in [0.15, 0.2) is 0 Å². The molecule has 0 aromatic heterocycles. The highest BCUT2D eigenvalue weighted by atomic mass is 19.1. The van der Waals surface area contributed by atoms with Gasteiger partial charge < -0.3 is 14.6 Å². The normalized spacial score (nSPS) is 15.0. The van der Waals surface area contributed by atoms with E-state index < -0.39 is 5.97 Å². The summed E-state index contributed by atoms with van der Waals surface area (Å²) in [6.45, 7) is 4.48. The van der Waals surface area contributed by atoms with E-state index in [9.17, 15) is 9.18 Å². The number of carbonyl (C=O) groups is 1. The van der Waals surface area contributed by atoms with Gasteiger partial charge >= 0.3 is 5.97 Å². The van der Waals surface area contributed by atoms with Crippen LogP contribution in [0.2, 0.25) is 0 Å². The summed E-state index contributed by atoms with van der Waals surface area (Å²) in [6.07, 6.45) is 2.21. The number of aliphatic carboxylic acids is 1. The molecule has 1 fully saturated rings. The minimum atomic E-state index is -0.817. The lowest BCUT2D eigenvalue weighted by Gasteiger charge is -2.19. The van der Waals surface area contributed by atoms with Gasteiger partial charge in [0.1, 0.15) is 23.9 Å². The smallest absolute Gasteiger partial charge is 0.303 e. The van der Waals surface area contributed by atoms with E-state index in [4.69, 9.17) is 14.6 Å². The van der Waals surface area contributed by atoms with E-state index in [1.807, 2.05) is 43.3 Å². The second-order valence-electron chi connectivity index (χ2n) is 9.15. The summed E-state index contributed by atoms with van der Waals surface area (Å²) in [7, 11) is 1.58. The predicted octanol–water partition coefficient (Wildman–Crippen LogP) is 6.71. The third-order valence-corrected chi connectivity index (χ3v) is 6.51. The third kappa shape index (κ3) is 5.19. The molecule has 0 spiro atoms. The van der Waals surface area contributed by atoms with Crippen LogP contribution in [0.4, 0.5) is 4.39 Å². The predicted molar refractivity (Wildman–Crippen MR) is 126 cm³/mol. The van der Waals surface area contributed by atoms with Gasteiger partial charge in [-0.25, -0.2) is 4.39 Å². The average molecular weight is 449 g/mol. The molecular formula is C28H29FO4. The maximum Gasteiger partial charge on any atom is 0.303 e. The van der Waals surface area contributed by atoms with Crippen LogP contribution >= 0.6 is 0 Å². The Morgan fingerprint density at radius 1 is 1.06 bits per heavy atom. The summed E-state index contributed by atoms with van der Waals surface area (Å²) in [4.78, 5) is 11.0. The Balaban J connectivity index is 1.58. The number of ether oxygens (including phenoxy) is 2. The van der Waals surface area contributed by atoms with E-state index in [0.29, 0.717) is 23.7 Å². The molecule has 0 amide bonds. The first-order valence-electron chi connectivity index (χ1n) is 11.2. The standard InChI is InChI=1S/C28H29FO4/c1-18(13-27(30)31)20-5-4-6-22(15-20)33-17-19-7-9-23(25(14-19)28(2)11-12-28)24-16-21(32-3)8-10-26(24)29/h4-10,14-16,18H,11-13,17H2,1-3H3,(H,30,31)/t18-/m0/s1. The van der Waals surface area contributed by atoms with E-state index in [1.165, 1.54) is 6.07 Å². The van der Waals surface area contributed by atoms with Crippen molar-refractivity contribution >= 4 is 5.97 Å². The van der Waals surface area contributed by atoms with Crippen LogP contribution in [0, 0.1) is 5.82 Å². The number of benzene rings is 3. The molecule has 0 heterocycles. The maximum atomic E-state index is 14.7. The second-order valence-corrected chi connectivity index (χ2v) is 9.15. The van der Waals surface area contributed by atoms with Gasteiger partial charge in [0, 0.05) is 5.56 Å². The van der Waals surface area contributed by atoms with Crippen molar-refractivity contribution in [2.45, 2.75) is 51.0 Å². The number of methoxy groups -OCH3 is 1. The van der Waals surface area contributed by atoms with Crippen molar-refractivity contribution in [2.24, 2.45) is 0 Å². The molecule has 1 aliphatic carbocycles. The number of halogens is 1. The number of hydrogen-bond donors (Lipinski definition) is 1. The van der Waals surface area contributed by atoms with Crippen LogP contribution in [0.1, 0.15) is 55.7 Å². The summed E-state index contributed by atoms with van der Waals surface area (Å²) in [5.74, 6) is 0.152. The van der Waals surface area contributed by atoms with Crippen molar-refractivity contribution in [1.82, 2.24) is 0 Å². The number of rotatable bonds is 9. The molecule has 0 radical (unpaired) electrons. The van der Waals surface area contributed by atoms with Gasteiger partial charge in [0.05, 0.1) is 13.5 Å². The number of hydrogen-bond acceptors (Lipinski definition) is 3. The molecule has 1 N–H and O–H groups in total. The van der Waals surface area contributed by atoms with Crippen LogP contribution in [0.25, 0.3) is 11.1 Å². The van der Waals surface area contributed by atoms with Crippen molar-refractivity contribution in [3.63, 3.8) is 0 Å². The van der Waals surface area contributed by atoms with Gasteiger partial charge in [0.25, 0.3) is 0 Å². The Labute approximate surface area is 194 Å². The molecule has 4 rings (SSSR count). The number of carboxylic acids is 1. The minimum absolute atomic E-state index is 0.0348. The summed E-state index contributed by atoms with van der Waals surface area (Å²) in [5.41, 5.74) is 4.54. The third-order valence-electron chi connectivity index (χ3n) is 6.51. The van der Waals surface area contributed by atoms with Crippen LogP contribution < -0.4 is 9.47 Å². The fourth-order valence-electron chi connectivity index (χ4n) is 4.17. The molecular weight excluding hydrogens is 419 g/mol. The Morgan fingerprint density at radius 2 is 1.85 bits per heavy atom. The Hall–Kier alpha value is -3.34. The first-order chi connectivity index (χ1) is 15.8. The van der Waals surface area contributed by atoms with Gasteiger partial charge in [-0.2, -0.15) is 0 Å². The van der Waals surface area contributed by atoms with Crippen molar-refractivity contribution in [3.8, 4) is 22.6 Å². The molecule has 0 bridgehead atoms. The van der Waals surface area contributed by atoms with Crippen molar-refractivity contribution in [3.05, 3.63) is 83.2 Å². The van der Waals surface area contributed by atoms with Crippen molar-refractivity contribution < 1.29 is 23.8 Å². The van der Waals surface area contributed by atoms with Gasteiger partial charge in [-0.3, -0.25) is 4.79 Å². The summed E-state index contributed by atoms with van der Waals surface area (Å²) in [6, 6.07) is 18.5. The van der Waals surface area contributed by atoms with Gasteiger partial charge in [-0.05, 0) is 76.8 Å². The Kier molecular flexibility index (Phi) is 6.41. The molecule has 3 aromatic carbocycles. The fraction of sp³-hybridized carbons (Fsp3) is 0.321. The van der Waals surface area contributed by atoms with Gasteiger partial charge in [-0.15, -0.1) is 0 Å². The lowest BCUT2D eigenvalue weighted by Crippen LogP contribution is -2.06. The maximum absolute atomic E-state index is 14.7. The van der Waals surface area contributed by atoms with Gasteiger partial charge in [-0.1, -0.05) is 44.2 Å². The van der Waals surface area contributed by atoms with Crippen LogP contribution in [0.5, 0.6) is 11.5 Å². The zero-order valence-electron chi connectivity index (χ0n) is 19.2. The highest BCUT2D eigenvalue weighted by Crippen LogP contribution is 2.51. The quantitative estimate of drug-likeness (QED) is 0.395. The highest BCUT2D eigenvalue weighted by Gasteiger charge is 2.41. The fourth-order valence-corrected chi connectivity index (χ4v) is 4.17. The first kappa shape index (κ1) is 22.8. The molecule has 0 unspecified atom stereocenters. The van der Waals surface area contributed by atoms with Crippen LogP contribution in [0.3, 0.4) is 0 Å². The van der Waals surface area contributed by atoms with E-state index in [0.717, 1.165) is 35.1 Å². The topological polar surface area (TPSA) is 55.8 Å². The molecule has 33 heavy (non-hydrogen) atoms. The van der Waals surface area contributed by atoms with E-state index in [2.05, 4.69) is 13.0 Å². The Bertz CT molecular complexity index is 1170. The molecule has 1 aliphatic rings. The molecule has 4 nitrogen and oxygen atoms in total. The lowest BCUT2D eigenvalue weighted by molar-refractivity contribution is -0.137. The summed E-state index contributed by atoms with van der Waals surface area (Å²) < 4.78 is 26.1. The molecule has 1 saturated carbocycles.